The standard InChI is InChI=1S/C12H15N/c1-2-13-12-9-5-7-10-6-3-4-8-11(10)12/h3-4,6,8H,2,5,7,9H2,1H3. The maximum absolute atomic E-state index is 4.54. The molecule has 1 nitrogen and oxygen atoms in total. The fourth-order valence-electron chi connectivity index (χ4n) is 1.96. The minimum absolute atomic E-state index is 0.906. The van der Waals surface area contributed by atoms with Crippen molar-refractivity contribution in [3.8, 4) is 0 Å². The van der Waals surface area contributed by atoms with E-state index in [1.54, 1.807) is 0 Å². The van der Waals surface area contributed by atoms with E-state index < -0.39 is 0 Å². The normalized spacial score (nSPS) is 18.7. The smallest absolute Gasteiger partial charge is 0.0423 e. The van der Waals surface area contributed by atoms with Crippen LogP contribution in [0.4, 0.5) is 0 Å². The second-order valence-electron chi connectivity index (χ2n) is 3.43. The van der Waals surface area contributed by atoms with Gasteiger partial charge in [-0.15, -0.1) is 0 Å². The molecule has 13 heavy (non-hydrogen) atoms. The summed E-state index contributed by atoms with van der Waals surface area (Å²) in [7, 11) is 0. The van der Waals surface area contributed by atoms with E-state index in [1.165, 1.54) is 29.7 Å². The van der Waals surface area contributed by atoms with Gasteiger partial charge in [0.2, 0.25) is 0 Å². The molecule has 0 aromatic heterocycles. The Balaban J connectivity index is 2.42. The van der Waals surface area contributed by atoms with Gasteiger partial charge in [-0.05, 0) is 37.3 Å². The van der Waals surface area contributed by atoms with E-state index in [0.29, 0.717) is 0 Å². The number of rotatable bonds is 1. The molecule has 2 rings (SSSR count). The van der Waals surface area contributed by atoms with E-state index in [-0.39, 0.29) is 0 Å². The molecule has 0 spiro atoms. The zero-order valence-corrected chi connectivity index (χ0v) is 8.09. The SMILES string of the molecule is CCN=C1CCCc2ccccc21. The molecule has 0 fully saturated rings. The Kier molecular flexibility index (Phi) is 2.44. The first kappa shape index (κ1) is 8.49. The van der Waals surface area contributed by atoms with Crippen LogP contribution in [0.2, 0.25) is 0 Å². The van der Waals surface area contributed by atoms with Crippen LogP contribution in [-0.4, -0.2) is 12.3 Å². The van der Waals surface area contributed by atoms with Crippen LogP contribution in [-0.2, 0) is 6.42 Å². The van der Waals surface area contributed by atoms with Crippen molar-refractivity contribution < 1.29 is 0 Å². The maximum Gasteiger partial charge on any atom is 0.0423 e. The minimum atomic E-state index is 0.906. The Morgan fingerprint density at radius 3 is 2.92 bits per heavy atom. The Morgan fingerprint density at radius 2 is 2.08 bits per heavy atom. The number of hydrogen-bond acceptors (Lipinski definition) is 1. The van der Waals surface area contributed by atoms with Crippen molar-refractivity contribution in [2.75, 3.05) is 6.54 Å². The van der Waals surface area contributed by atoms with Gasteiger partial charge in [0, 0.05) is 12.3 Å². The number of aliphatic imine (C=N–C) groups is 1. The van der Waals surface area contributed by atoms with Crippen molar-refractivity contribution in [2.45, 2.75) is 26.2 Å². The lowest BCUT2D eigenvalue weighted by Crippen LogP contribution is -2.11. The molecule has 1 aromatic rings. The summed E-state index contributed by atoms with van der Waals surface area (Å²) in [6.45, 7) is 3.01. The lowest BCUT2D eigenvalue weighted by molar-refractivity contribution is 0.833. The van der Waals surface area contributed by atoms with Crippen LogP contribution in [0.1, 0.15) is 30.9 Å². The zero-order valence-electron chi connectivity index (χ0n) is 8.09. The summed E-state index contributed by atoms with van der Waals surface area (Å²) >= 11 is 0. The fourth-order valence-corrected chi connectivity index (χ4v) is 1.96. The molecule has 68 valence electrons. The number of hydrogen-bond donors (Lipinski definition) is 0. The van der Waals surface area contributed by atoms with Crippen LogP contribution >= 0.6 is 0 Å². The van der Waals surface area contributed by atoms with Crippen LogP contribution in [0, 0.1) is 0 Å². The number of benzene rings is 1. The summed E-state index contributed by atoms with van der Waals surface area (Å²) < 4.78 is 0. The molecule has 1 aliphatic carbocycles. The molecule has 0 heterocycles. The molecule has 1 heteroatoms. The van der Waals surface area contributed by atoms with Crippen molar-refractivity contribution in [3.63, 3.8) is 0 Å². The molecule has 0 amide bonds. The predicted octanol–water partition coefficient (Wildman–Crippen LogP) is 2.83. The van der Waals surface area contributed by atoms with E-state index in [4.69, 9.17) is 0 Å². The van der Waals surface area contributed by atoms with Crippen LogP contribution in [0.3, 0.4) is 0 Å². The van der Waals surface area contributed by atoms with Gasteiger partial charge >= 0.3 is 0 Å². The predicted molar refractivity (Wildman–Crippen MR) is 56.5 cm³/mol. The van der Waals surface area contributed by atoms with Gasteiger partial charge in [0.1, 0.15) is 0 Å². The molecule has 0 saturated heterocycles. The topological polar surface area (TPSA) is 12.4 Å². The Bertz CT molecular complexity index is 326. The molecule has 0 unspecified atom stereocenters. The summed E-state index contributed by atoms with van der Waals surface area (Å²) in [5.41, 5.74) is 4.17. The van der Waals surface area contributed by atoms with Crippen LogP contribution < -0.4 is 0 Å². The second kappa shape index (κ2) is 3.73. The summed E-state index contributed by atoms with van der Waals surface area (Å²) in [4.78, 5) is 4.54. The molecule has 0 bridgehead atoms. The fraction of sp³-hybridized carbons (Fsp3) is 0.417. The van der Waals surface area contributed by atoms with Crippen molar-refractivity contribution in [1.29, 1.82) is 0 Å². The average molecular weight is 173 g/mol. The first-order valence-corrected chi connectivity index (χ1v) is 5.03. The molecule has 1 aromatic carbocycles. The van der Waals surface area contributed by atoms with Gasteiger partial charge in [-0.3, -0.25) is 4.99 Å². The molecule has 0 saturated carbocycles. The summed E-state index contributed by atoms with van der Waals surface area (Å²) in [5.74, 6) is 0. The number of nitrogens with zero attached hydrogens (tertiary/aromatic N) is 1. The third-order valence-corrected chi connectivity index (χ3v) is 2.54. The lowest BCUT2D eigenvalue weighted by Gasteiger charge is -2.17. The van der Waals surface area contributed by atoms with Gasteiger partial charge < -0.3 is 0 Å². The van der Waals surface area contributed by atoms with Crippen LogP contribution in [0.15, 0.2) is 29.3 Å². The van der Waals surface area contributed by atoms with Gasteiger partial charge in [0.05, 0.1) is 0 Å². The summed E-state index contributed by atoms with van der Waals surface area (Å²) in [5, 5.41) is 0. The van der Waals surface area contributed by atoms with E-state index in [2.05, 4.69) is 36.2 Å². The van der Waals surface area contributed by atoms with Gasteiger partial charge in [-0.25, -0.2) is 0 Å². The Labute approximate surface area is 79.5 Å². The van der Waals surface area contributed by atoms with Gasteiger partial charge in [0.15, 0.2) is 0 Å². The van der Waals surface area contributed by atoms with Gasteiger partial charge in [-0.1, -0.05) is 24.3 Å². The highest BCUT2D eigenvalue weighted by atomic mass is 14.7. The van der Waals surface area contributed by atoms with Crippen molar-refractivity contribution in [3.05, 3.63) is 35.4 Å². The molecule has 1 aliphatic rings. The Hall–Kier alpha value is -1.11. The highest BCUT2D eigenvalue weighted by Crippen LogP contribution is 2.21. The van der Waals surface area contributed by atoms with Crippen LogP contribution in [0.25, 0.3) is 0 Å². The van der Waals surface area contributed by atoms with E-state index in [0.717, 1.165) is 13.0 Å². The van der Waals surface area contributed by atoms with Crippen molar-refractivity contribution in [1.82, 2.24) is 0 Å². The summed E-state index contributed by atoms with van der Waals surface area (Å²) in [6.07, 6.45) is 3.64. The number of aryl methyl sites for hydroxylation is 1. The van der Waals surface area contributed by atoms with Crippen LogP contribution in [0.5, 0.6) is 0 Å². The largest absolute Gasteiger partial charge is 0.289 e. The molecule has 0 radical (unpaired) electrons. The third kappa shape index (κ3) is 1.64. The number of fused-ring (bicyclic) bond motifs is 1. The molecule has 0 aliphatic heterocycles. The first-order chi connectivity index (χ1) is 6.42. The molecular weight excluding hydrogens is 158 g/mol. The van der Waals surface area contributed by atoms with Crippen molar-refractivity contribution >= 4 is 5.71 Å². The maximum atomic E-state index is 4.54. The van der Waals surface area contributed by atoms with E-state index in [1.807, 2.05) is 0 Å². The Morgan fingerprint density at radius 1 is 1.23 bits per heavy atom. The molecular formula is C12H15N. The zero-order chi connectivity index (χ0) is 9.10. The average Bonchev–Trinajstić information content (AvgIpc) is 2.19. The van der Waals surface area contributed by atoms with Crippen molar-refractivity contribution in [2.24, 2.45) is 4.99 Å². The second-order valence-corrected chi connectivity index (χ2v) is 3.43. The third-order valence-electron chi connectivity index (χ3n) is 2.54. The summed E-state index contributed by atoms with van der Waals surface area (Å²) in [6, 6.07) is 8.64. The molecule has 0 N–H and O–H groups in total. The first-order valence-electron chi connectivity index (χ1n) is 5.03. The quantitative estimate of drug-likeness (QED) is 0.619. The van der Waals surface area contributed by atoms with E-state index in [9.17, 15) is 0 Å². The van der Waals surface area contributed by atoms with Gasteiger partial charge in [0.25, 0.3) is 0 Å². The lowest BCUT2D eigenvalue weighted by atomic mass is 9.90. The highest BCUT2D eigenvalue weighted by Gasteiger charge is 2.13. The molecule has 0 atom stereocenters. The van der Waals surface area contributed by atoms with Gasteiger partial charge in [-0.2, -0.15) is 0 Å². The highest BCUT2D eigenvalue weighted by molar-refractivity contribution is 6.02. The van der Waals surface area contributed by atoms with E-state index >= 15 is 0 Å². The monoisotopic (exact) mass is 173 g/mol. The minimum Gasteiger partial charge on any atom is -0.289 e.